The van der Waals surface area contributed by atoms with Gasteiger partial charge in [-0.3, -0.25) is 9.59 Å². The number of hydrogen-bond acceptors (Lipinski definition) is 4. The molecule has 0 bridgehead atoms. The van der Waals surface area contributed by atoms with Gasteiger partial charge in [-0.15, -0.1) is 0 Å². The number of carbonyl (C=O) groups excluding carboxylic acids is 2. The number of hydrogen-bond donors (Lipinski definition) is 1. The highest BCUT2D eigenvalue weighted by Crippen LogP contribution is 2.26. The molecule has 6 nitrogen and oxygen atoms in total. The largest absolute Gasteiger partial charge is 0.345 e. The lowest BCUT2D eigenvalue weighted by Crippen LogP contribution is -2.62. The summed E-state index contributed by atoms with van der Waals surface area (Å²) in [5.74, 6) is -0.311. The van der Waals surface area contributed by atoms with Gasteiger partial charge in [-0.05, 0) is 11.8 Å². The van der Waals surface area contributed by atoms with Gasteiger partial charge in [0.1, 0.15) is 15.9 Å². The van der Waals surface area contributed by atoms with Crippen LogP contribution in [0.4, 0.5) is 0 Å². The van der Waals surface area contributed by atoms with Crippen LogP contribution >= 0.6 is 0 Å². The Morgan fingerprint density at radius 1 is 1.32 bits per heavy atom. The van der Waals surface area contributed by atoms with Gasteiger partial charge in [0.25, 0.3) is 0 Å². The van der Waals surface area contributed by atoms with Gasteiger partial charge in [-0.1, -0.05) is 20.8 Å². The van der Waals surface area contributed by atoms with Crippen LogP contribution in [0, 0.1) is 5.41 Å². The molecule has 1 aliphatic rings. The smallest absolute Gasteiger partial charge is 0.243 e. The summed E-state index contributed by atoms with van der Waals surface area (Å²) in [6.07, 6.45) is 1.52. The Labute approximate surface area is 114 Å². The van der Waals surface area contributed by atoms with Crippen LogP contribution in [0.25, 0.3) is 0 Å². The molecule has 1 aliphatic heterocycles. The first-order chi connectivity index (χ1) is 8.52. The van der Waals surface area contributed by atoms with Crippen molar-refractivity contribution < 1.29 is 18.0 Å². The van der Waals surface area contributed by atoms with E-state index in [1.54, 1.807) is 0 Å². The van der Waals surface area contributed by atoms with E-state index >= 15 is 0 Å². The third-order valence-corrected chi connectivity index (χ3v) is 4.06. The van der Waals surface area contributed by atoms with Crippen molar-refractivity contribution >= 4 is 21.7 Å². The second kappa shape index (κ2) is 5.48. The lowest BCUT2D eigenvalue weighted by molar-refractivity contribution is -0.149. The molecule has 1 atom stereocenters. The monoisotopic (exact) mass is 290 g/mol. The number of nitrogens with zero attached hydrogens (tertiary/aromatic N) is 1. The Kier molecular flexibility index (Phi) is 4.60. The fourth-order valence-electron chi connectivity index (χ4n) is 2.26. The molecule has 2 amide bonds. The minimum atomic E-state index is -3.05. The summed E-state index contributed by atoms with van der Waals surface area (Å²) >= 11 is 0. The van der Waals surface area contributed by atoms with Gasteiger partial charge in [0.05, 0.1) is 12.3 Å². The normalized spacial score (nSPS) is 21.5. The van der Waals surface area contributed by atoms with Crippen molar-refractivity contribution in [1.82, 2.24) is 10.2 Å². The van der Waals surface area contributed by atoms with E-state index in [1.807, 2.05) is 20.8 Å². The van der Waals surface area contributed by atoms with Crippen LogP contribution in [0.2, 0.25) is 0 Å². The van der Waals surface area contributed by atoms with E-state index < -0.39 is 15.9 Å². The molecule has 1 heterocycles. The van der Waals surface area contributed by atoms with Crippen molar-refractivity contribution in [2.45, 2.75) is 33.2 Å². The zero-order valence-electron chi connectivity index (χ0n) is 11.9. The third-order valence-electron chi connectivity index (χ3n) is 3.03. The van der Waals surface area contributed by atoms with E-state index in [0.717, 1.165) is 0 Å². The Hall–Kier alpha value is -1.11. The maximum absolute atomic E-state index is 11.9. The fraction of sp³-hybridized carbons (Fsp3) is 0.833. The maximum atomic E-state index is 11.9. The van der Waals surface area contributed by atoms with Crippen LogP contribution in [0.3, 0.4) is 0 Å². The maximum Gasteiger partial charge on any atom is 0.243 e. The average Bonchev–Trinajstić information content (AvgIpc) is 2.19. The van der Waals surface area contributed by atoms with E-state index in [4.69, 9.17) is 0 Å². The summed E-state index contributed by atoms with van der Waals surface area (Å²) in [5.41, 5.74) is -0.384. The fourth-order valence-corrected chi connectivity index (χ4v) is 2.91. The highest BCUT2D eigenvalue weighted by Gasteiger charge is 2.41. The summed E-state index contributed by atoms with van der Waals surface area (Å²) in [7, 11) is -3.05. The molecule has 0 aliphatic carbocycles. The first kappa shape index (κ1) is 15.9. The lowest BCUT2D eigenvalue weighted by Gasteiger charge is -2.42. The number of piperazine rings is 1. The standard InChI is InChI=1S/C12H22N2O4S/c1-12(2,3)10-11(16)13-8-9(15)14(10)6-5-7-19(4,17)18/h10H,5-8H2,1-4H3,(H,13,16). The van der Waals surface area contributed by atoms with Crippen LogP contribution in [-0.4, -0.2) is 56.3 Å². The Balaban J connectivity index is 2.80. The molecule has 7 heteroatoms. The second-order valence-corrected chi connectivity index (χ2v) is 8.32. The lowest BCUT2D eigenvalue weighted by atomic mass is 9.84. The average molecular weight is 290 g/mol. The molecule has 1 N–H and O–H groups in total. The van der Waals surface area contributed by atoms with Gasteiger partial charge >= 0.3 is 0 Å². The molecule has 0 aromatic heterocycles. The minimum absolute atomic E-state index is 0.00963. The Morgan fingerprint density at radius 3 is 2.37 bits per heavy atom. The molecule has 1 saturated heterocycles. The van der Waals surface area contributed by atoms with Gasteiger partial charge in [0.15, 0.2) is 0 Å². The molecule has 0 spiro atoms. The van der Waals surface area contributed by atoms with Gasteiger partial charge < -0.3 is 10.2 Å². The van der Waals surface area contributed by atoms with Crippen LogP contribution in [0.5, 0.6) is 0 Å². The molecule has 1 fully saturated rings. The van der Waals surface area contributed by atoms with Crippen LogP contribution < -0.4 is 5.32 Å². The molecule has 1 rings (SSSR count). The van der Waals surface area contributed by atoms with E-state index in [2.05, 4.69) is 5.32 Å². The summed E-state index contributed by atoms with van der Waals surface area (Å²) in [6.45, 7) is 5.95. The highest BCUT2D eigenvalue weighted by molar-refractivity contribution is 7.90. The van der Waals surface area contributed by atoms with Crippen molar-refractivity contribution in [3.8, 4) is 0 Å². The molecule has 19 heavy (non-hydrogen) atoms. The quantitative estimate of drug-likeness (QED) is 0.777. The molecule has 0 aromatic carbocycles. The first-order valence-corrected chi connectivity index (χ1v) is 8.33. The zero-order valence-corrected chi connectivity index (χ0v) is 12.7. The molecule has 1 unspecified atom stereocenters. The zero-order chi connectivity index (χ0) is 14.8. The third kappa shape index (κ3) is 4.49. The van der Waals surface area contributed by atoms with Crippen molar-refractivity contribution in [1.29, 1.82) is 0 Å². The van der Waals surface area contributed by atoms with E-state index in [-0.39, 0.29) is 29.5 Å². The van der Waals surface area contributed by atoms with Crippen molar-refractivity contribution in [3.63, 3.8) is 0 Å². The van der Waals surface area contributed by atoms with Crippen molar-refractivity contribution in [2.75, 3.05) is 25.1 Å². The molecule has 110 valence electrons. The van der Waals surface area contributed by atoms with Gasteiger partial charge in [0, 0.05) is 12.8 Å². The van der Waals surface area contributed by atoms with Crippen molar-refractivity contribution in [2.24, 2.45) is 5.41 Å². The summed E-state index contributed by atoms with van der Waals surface area (Å²) < 4.78 is 22.2. The molecular weight excluding hydrogens is 268 g/mol. The van der Waals surface area contributed by atoms with Crippen LogP contribution in [0.1, 0.15) is 27.2 Å². The SMILES string of the molecule is CC(C)(C)C1C(=O)NCC(=O)N1CCCS(C)(=O)=O. The number of nitrogens with one attached hydrogen (secondary N) is 1. The van der Waals surface area contributed by atoms with E-state index in [9.17, 15) is 18.0 Å². The predicted molar refractivity (Wildman–Crippen MR) is 72.3 cm³/mol. The minimum Gasteiger partial charge on any atom is -0.345 e. The van der Waals surface area contributed by atoms with Gasteiger partial charge in [-0.2, -0.15) is 0 Å². The first-order valence-electron chi connectivity index (χ1n) is 6.27. The molecule has 0 saturated carbocycles. The van der Waals surface area contributed by atoms with Gasteiger partial charge in [-0.25, -0.2) is 8.42 Å². The summed E-state index contributed by atoms with van der Waals surface area (Å²) in [6, 6.07) is -0.548. The second-order valence-electron chi connectivity index (χ2n) is 6.06. The Bertz CT molecular complexity index is 465. The van der Waals surface area contributed by atoms with Crippen LogP contribution in [-0.2, 0) is 19.4 Å². The van der Waals surface area contributed by atoms with Crippen LogP contribution in [0.15, 0.2) is 0 Å². The topological polar surface area (TPSA) is 83.6 Å². The van der Waals surface area contributed by atoms with Gasteiger partial charge in [0.2, 0.25) is 11.8 Å². The van der Waals surface area contributed by atoms with E-state index in [0.29, 0.717) is 13.0 Å². The summed E-state index contributed by atoms with van der Waals surface area (Å²) in [4.78, 5) is 25.4. The number of rotatable bonds is 4. The molecule has 0 radical (unpaired) electrons. The number of carbonyl (C=O) groups is 2. The highest BCUT2D eigenvalue weighted by atomic mass is 32.2. The number of amides is 2. The summed E-state index contributed by atoms with van der Waals surface area (Å²) in [5, 5.41) is 2.58. The Morgan fingerprint density at radius 2 is 1.89 bits per heavy atom. The van der Waals surface area contributed by atoms with Crippen molar-refractivity contribution in [3.05, 3.63) is 0 Å². The molecule has 0 aromatic rings. The predicted octanol–water partition coefficient (Wildman–Crippen LogP) is -0.206. The van der Waals surface area contributed by atoms with E-state index in [1.165, 1.54) is 11.2 Å². The molecular formula is C12H22N2O4S. The number of sulfone groups is 1.